The molecule has 6 heteroatoms. The number of hydrogen-bond donors (Lipinski definition) is 0. The Morgan fingerprint density at radius 2 is 1.82 bits per heavy atom. The number of ketones is 1. The van der Waals surface area contributed by atoms with Crippen LogP contribution in [0.5, 0.6) is 17.2 Å². The third-order valence-corrected chi connectivity index (χ3v) is 5.29. The fraction of sp³-hybridized carbons (Fsp3) is 0.409. The van der Waals surface area contributed by atoms with E-state index in [-0.39, 0.29) is 23.3 Å². The molecule has 0 atom stereocenters. The van der Waals surface area contributed by atoms with Crippen molar-refractivity contribution in [2.45, 2.75) is 12.8 Å². The second kappa shape index (κ2) is 8.61. The Morgan fingerprint density at radius 1 is 1.07 bits per heavy atom. The molecule has 2 aromatic carbocycles. The maximum atomic E-state index is 13.6. The second-order valence-electron chi connectivity index (χ2n) is 7.12. The van der Waals surface area contributed by atoms with Crippen LogP contribution in [0.15, 0.2) is 42.5 Å². The van der Waals surface area contributed by atoms with Crippen molar-refractivity contribution in [1.29, 1.82) is 0 Å². The number of carbonyl (C=O) groups excluding carboxylic acids is 1. The number of nitrogens with zero attached hydrogens (tertiary/aromatic N) is 1. The molecule has 1 saturated heterocycles. The zero-order valence-electron chi connectivity index (χ0n) is 15.7. The molecule has 1 fully saturated rings. The summed E-state index contributed by atoms with van der Waals surface area (Å²) in [7, 11) is 0. The van der Waals surface area contributed by atoms with Crippen LogP contribution in [-0.2, 0) is 0 Å². The molecule has 0 aliphatic carbocycles. The summed E-state index contributed by atoms with van der Waals surface area (Å²) in [5, 5.41) is 0. The zero-order valence-corrected chi connectivity index (χ0v) is 15.7. The molecule has 0 N–H and O–H groups in total. The van der Waals surface area contributed by atoms with Gasteiger partial charge in [0.25, 0.3) is 0 Å². The molecule has 2 aliphatic rings. The summed E-state index contributed by atoms with van der Waals surface area (Å²) in [5.74, 6) is 1.48. The van der Waals surface area contributed by atoms with Crippen molar-refractivity contribution in [2.24, 2.45) is 5.92 Å². The molecule has 0 unspecified atom stereocenters. The number of ether oxygens (including phenoxy) is 3. The Morgan fingerprint density at radius 3 is 2.61 bits per heavy atom. The fourth-order valence-electron chi connectivity index (χ4n) is 3.70. The van der Waals surface area contributed by atoms with Gasteiger partial charge in [0.2, 0.25) is 0 Å². The number of benzene rings is 2. The van der Waals surface area contributed by atoms with Crippen LogP contribution < -0.4 is 14.2 Å². The van der Waals surface area contributed by atoms with E-state index in [2.05, 4.69) is 4.90 Å². The van der Waals surface area contributed by atoms with Gasteiger partial charge in [0.15, 0.2) is 28.8 Å². The Hall–Kier alpha value is -2.60. The number of fused-ring (bicyclic) bond motifs is 1. The molecule has 2 aromatic rings. The van der Waals surface area contributed by atoms with Gasteiger partial charge in [-0.1, -0.05) is 12.1 Å². The normalized spacial score (nSPS) is 17.3. The van der Waals surface area contributed by atoms with E-state index in [1.807, 2.05) is 12.1 Å². The number of piperidine rings is 1. The first kappa shape index (κ1) is 18.7. The van der Waals surface area contributed by atoms with Crippen LogP contribution in [0.1, 0.15) is 23.2 Å². The van der Waals surface area contributed by atoms with Gasteiger partial charge in [0.05, 0.1) is 0 Å². The fourth-order valence-corrected chi connectivity index (χ4v) is 3.70. The van der Waals surface area contributed by atoms with Gasteiger partial charge in [0, 0.05) is 18.0 Å². The van der Waals surface area contributed by atoms with Crippen LogP contribution in [0.3, 0.4) is 0 Å². The van der Waals surface area contributed by atoms with Crippen molar-refractivity contribution in [3.05, 3.63) is 53.8 Å². The number of likely N-dealkylation sites (tertiary alicyclic amines) is 1. The van der Waals surface area contributed by atoms with Crippen molar-refractivity contribution in [3.8, 4) is 17.2 Å². The second-order valence-corrected chi connectivity index (χ2v) is 7.12. The predicted octanol–water partition coefficient (Wildman–Crippen LogP) is 3.57. The van der Waals surface area contributed by atoms with E-state index in [0.717, 1.165) is 32.5 Å². The molecule has 2 aliphatic heterocycles. The first-order valence-electron chi connectivity index (χ1n) is 9.74. The maximum absolute atomic E-state index is 13.6. The maximum Gasteiger partial charge on any atom is 0.166 e. The van der Waals surface area contributed by atoms with Crippen molar-refractivity contribution < 1.29 is 23.4 Å². The average Bonchev–Trinajstić information content (AvgIpc) is 2.75. The van der Waals surface area contributed by atoms with Gasteiger partial charge < -0.3 is 14.2 Å². The minimum Gasteiger partial charge on any atom is -0.489 e. The molecule has 2 heterocycles. The smallest absolute Gasteiger partial charge is 0.166 e. The SMILES string of the molecule is O=C(c1ccc2c(c1)OCCO2)C1CCN(CCOc2ccccc2F)CC1. The number of rotatable bonds is 6. The number of hydrogen-bond acceptors (Lipinski definition) is 5. The first-order chi connectivity index (χ1) is 13.7. The topological polar surface area (TPSA) is 48.0 Å². The highest BCUT2D eigenvalue weighted by atomic mass is 19.1. The lowest BCUT2D eigenvalue weighted by Gasteiger charge is -2.31. The lowest BCUT2D eigenvalue weighted by Crippen LogP contribution is -2.38. The highest BCUT2D eigenvalue weighted by Gasteiger charge is 2.26. The standard InChI is InChI=1S/C22H24FNO4/c23-18-3-1-2-4-19(18)26-12-11-24-9-7-16(8-10-24)22(25)17-5-6-20-21(15-17)28-14-13-27-20/h1-6,15-16H,7-14H2. The minimum atomic E-state index is -0.341. The first-order valence-corrected chi connectivity index (χ1v) is 9.74. The monoisotopic (exact) mass is 385 g/mol. The Bertz CT molecular complexity index is 833. The third kappa shape index (κ3) is 4.28. The van der Waals surface area contributed by atoms with Crippen molar-refractivity contribution in [3.63, 3.8) is 0 Å². The molecule has 0 bridgehead atoms. The van der Waals surface area contributed by atoms with Crippen LogP contribution in [0.4, 0.5) is 4.39 Å². The van der Waals surface area contributed by atoms with E-state index in [1.165, 1.54) is 6.07 Å². The summed E-state index contributed by atoms with van der Waals surface area (Å²) in [4.78, 5) is 15.1. The predicted molar refractivity (Wildman–Crippen MR) is 103 cm³/mol. The Kier molecular flexibility index (Phi) is 5.76. The summed E-state index contributed by atoms with van der Waals surface area (Å²) in [6.45, 7) is 3.88. The highest BCUT2D eigenvalue weighted by molar-refractivity contribution is 5.98. The zero-order chi connectivity index (χ0) is 19.3. The van der Waals surface area contributed by atoms with Gasteiger partial charge in [-0.2, -0.15) is 0 Å². The summed E-state index contributed by atoms with van der Waals surface area (Å²) in [6, 6.07) is 11.9. The summed E-state index contributed by atoms with van der Waals surface area (Å²) < 4.78 is 30.2. The minimum absolute atomic E-state index is 0.0197. The van der Waals surface area contributed by atoms with Gasteiger partial charge in [-0.05, 0) is 56.3 Å². The van der Waals surface area contributed by atoms with Gasteiger partial charge in [-0.3, -0.25) is 9.69 Å². The van der Waals surface area contributed by atoms with Crippen LogP contribution in [-0.4, -0.2) is 50.1 Å². The van der Waals surface area contributed by atoms with Crippen LogP contribution in [0, 0.1) is 11.7 Å². The third-order valence-electron chi connectivity index (χ3n) is 5.29. The van der Waals surface area contributed by atoms with Gasteiger partial charge >= 0.3 is 0 Å². The molecule has 0 saturated carbocycles. The molecular weight excluding hydrogens is 361 g/mol. The Labute approximate surface area is 164 Å². The largest absolute Gasteiger partial charge is 0.489 e. The van der Waals surface area contributed by atoms with Crippen LogP contribution >= 0.6 is 0 Å². The van der Waals surface area contributed by atoms with Crippen LogP contribution in [0.2, 0.25) is 0 Å². The number of carbonyl (C=O) groups is 1. The molecule has 0 aromatic heterocycles. The molecule has 0 amide bonds. The van der Waals surface area contributed by atoms with E-state index < -0.39 is 0 Å². The van der Waals surface area contributed by atoms with Crippen molar-refractivity contribution in [1.82, 2.24) is 4.90 Å². The molecule has 28 heavy (non-hydrogen) atoms. The highest BCUT2D eigenvalue weighted by Crippen LogP contribution is 2.32. The number of para-hydroxylation sites is 1. The van der Waals surface area contributed by atoms with Crippen molar-refractivity contribution in [2.75, 3.05) is 39.5 Å². The quantitative estimate of drug-likeness (QED) is 0.712. The summed E-state index contributed by atoms with van der Waals surface area (Å²) in [5.41, 5.74) is 0.686. The number of halogens is 1. The summed E-state index contributed by atoms with van der Waals surface area (Å²) >= 11 is 0. The molecule has 5 nitrogen and oxygen atoms in total. The molecule has 4 rings (SSSR count). The molecule has 0 radical (unpaired) electrons. The lowest BCUT2D eigenvalue weighted by molar-refractivity contribution is 0.0826. The summed E-state index contributed by atoms with van der Waals surface area (Å²) in [6.07, 6.45) is 1.62. The molecule has 148 valence electrons. The van der Waals surface area contributed by atoms with Gasteiger partial charge in [-0.25, -0.2) is 4.39 Å². The molecular formula is C22H24FNO4. The molecule has 0 spiro atoms. The van der Waals surface area contributed by atoms with E-state index in [1.54, 1.807) is 24.3 Å². The number of Topliss-reactive ketones (excluding diaryl/α,β-unsaturated/α-hetero) is 1. The van der Waals surface area contributed by atoms with Gasteiger partial charge in [0.1, 0.15) is 19.8 Å². The lowest BCUT2D eigenvalue weighted by atomic mass is 9.88. The Balaban J connectivity index is 1.26. The van der Waals surface area contributed by atoms with Gasteiger partial charge in [-0.15, -0.1) is 0 Å². The van der Waals surface area contributed by atoms with E-state index in [4.69, 9.17) is 14.2 Å². The van der Waals surface area contributed by atoms with E-state index in [9.17, 15) is 9.18 Å². The van der Waals surface area contributed by atoms with Crippen molar-refractivity contribution >= 4 is 5.78 Å². The van der Waals surface area contributed by atoms with Crippen LogP contribution in [0.25, 0.3) is 0 Å². The van der Waals surface area contributed by atoms with E-state index in [0.29, 0.717) is 36.9 Å². The average molecular weight is 385 g/mol. The van der Waals surface area contributed by atoms with E-state index >= 15 is 0 Å².